The van der Waals surface area contributed by atoms with E-state index in [0.29, 0.717) is 25.9 Å². The van der Waals surface area contributed by atoms with Gasteiger partial charge >= 0.3 is 6.03 Å². The highest BCUT2D eigenvalue weighted by Crippen LogP contribution is 2.37. The maximum absolute atomic E-state index is 13.5. The van der Waals surface area contributed by atoms with E-state index in [1.54, 1.807) is 0 Å². The Morgan fingerprint density at radius 2 is 1.65 bits per heavy atom. The van der Waals surface area contributed by atoms with Gasteiger partial charge in [0.2, 0.25) is 0 Å². The quantitative estimate of drug-likeness (QED) is 0.631. The van der Waals surface area contributed by atoms with E-state index >= 15 is 0 Å². The summed E-state index contributed by atoms with van der Waals surface area (Å²) in [6.45, 7) is 7.74. The highest BCUT2D eigenvalue weighted by molar-refractivity contribution is 6.07. The van der Waals surface area contributed by atoms with Crippen molar-refractivity contribution in [2.24, 2.45) is 0 Å². The number of carbonyl (C=O) groups is 2. The van der Waals surface area contributed by atoms with E-state index in [1.165, 1.54) is 21.6 Å². The predicted molar refractivity (Wildman–Crippen MR) is 123 cm³/mol. The van der Waals surface area contributed by atoms with E-state index in [0.717, 1.165) is 32.5 Å². The molecule has 2 aliphatic rings. The lowest BCUT2D eigenvalue weighted by Gasteiger charge is -2.42. The SMILES string of the molecule is CCN1C(=O)N(CCCc2ccccc2)C(=O)C12CCN(Cc1cccc(C)c1)CC2. The van der Waals surface area contributed by atoms with Gasteiger partial charge < -0.3 is 4.90 Å². The minimum atomic E-state index is -0.651. The smallest absolute Gasteiger partial charge is 0.310 e. The molecule has 0 aromatic heterocycles. The van der Waals surface area contributed by atoms with Crippen LogP contribution in [0.15, 0.2) is 54.6 Å². The van der Waals surface area contributed by atoms with Crippen LogP contribution < -0.4 is 0 Å². The van der Waals surface area contributed by atoms with Crippen LogP contribution in [0.4, 0.5) is 4.79 Å². The summed E-state index contributed by atoms with van der Waals surface area (Å²) >= 11 is 0. The summed E-state index contributed by atoms with van der Waals surface area (Å²) < 4.78 is 0. The van der Waals surface area contributed by atoms with Crippen LogP contribution in [0.3, 0.4) is 0 Å². The Morgan fingerprint density at radius 3 is 2.32 bits per heavy atom. The van der Waals surface area contributed by atoms with E-state index in [9.17, 15) is 9.59 Å². The lowest BCUT2D eigenvalue weighted by molar-refractivity contribution is -0.135. The molecular weight excluding hydrogens is 386 g/mol. The highest BCUT2D eigenvalue weighted by atomic mass is 16.2. The van der Waals surface area contributed by atoms with Crippen molar-refractivity contribution < 1.29 is 9.59 Å². The van der Waals surface area contributed by atoms with Crippen molar-refractivity contribution in [2.75, 3.05) is 26.2 Å². The number of benzene rings is 2. The number of urea groups is 1. The van der Waals surface area contributed by atoms with Crippen LogP contribution in [0.25, 0.3) is 0 Å². The second-order valence-electron chi connectivity index (χ2n) is 8.87. The standard InChI is InChI=1S/C26H33N3O2/c1-3-29-25(31)28(16-8-13-22-10-5-4-6-11-22)24(30)26(29)14-17-27(18-15-26)20-23-12-7-9-21(2)19-23/h4-7,9-12,19H,3,8,13-18,20H2,1-2H3. The van der Waals surface area contributed by atoms with Gasteiger partial charge in [0.1, 0.15) is 5.54 Å². The van der Waals surface area contributed by atoms with Crippen LogP contribution in [-0.4, -0.2) is 58.4 Å². The van der Waals surface area contributed by atoms with Crippen LogP contribution >= 0.6 is 0 Å². The first-order valence-corrected chi connectivity index (χ1v) is 11.5. The number of hydrogen-bond donors (Lipinski definition) is 0. The minimum absolute atomic E-state index is 0.0163. The Labute approximate surface area is 185 Å². The number of carbonyl (C=O) groups excluding carboxylic acids is 2. The van der Waals surface area contributed by atoms with E-state index in [2.05, 4.69) is 48.2 Å². The number of piperidine rings is 1. The summed E-state index contributed by atoms with van der Waals surface area (Å²) in [7, 11) is 0. The van der Waals surface area contributed by atoms with Gasteiger partial charge in [-0.3, -0.25) is 14.6 Å². The van der Waals surface area contributed by atoms with E-state index in [-0.39, 0.29) is 11.9 Å². The van der Waals surface area contributed by atoms with Crippen LogP contribution in [0.5, 0.6) is 0 Å². The van der Waals surface area contributed by atoms with Crippen molar-refractivity contribution in [3.8, 4) is 0 Å². The van der Waals surface area contributed by atoms with Gasteiger partial charge in [-0.05, 0) is 50.7 Å². The molecule has 31 heavy (non-hydrogen) atoms. The van der Waals surface area contributed by atoms with Gasteiger partial charge in [0.15, 0.2) is 0 Å². The largest absolute Gasteiger partial charge is 0.327 e. The number of nitrogens with zero attached hydrogens (tertiary/aromatic N) is 3. The first-order chi connectivity index (χ1) is 15.0. The molecule has 0 atom stereocenters. The van der Waals surface area contributed by atoms with Crippen LogP contribution in [-0.2, 0) is 17.8 Å². The molecule has 5 nitrogen and oxygen atoms in total. The van der Waals surface area contributed by atoms with E-state index < -0.39 is 5.54 Å². The molecule has 0 unspecified atom stereocenters. The zero-order valence-corrected chi connectivity index (χ0v) is 18.7. The second-order valence-corrected chi connectivity index (χ2v) is 8.87. The van der Waals surface area contributed by atoms with E-state index in [4.69, 9.17) is 0 Å². The van der Waals surface area contributed by atoms with Gasteiger partial charge in [0.05, 0.1) is 0 Å². The van der Waals surface area contributed by atoms with Gasteiger partial charge in [-0.15, -0.1) is 0 Å². The normalized spacial score (nSPS) is 18.9. The average molecular weight is 420 g/mol. The maximum atomic E-state index is 13.5. The Bertz CT molecular complexity index is 919. The fourth-order valence-corrected chi connectivity index (χ4v) is 5.14. The molecule has 3 amide bonds. The molecule has 0 saturated carbocycles. The molecule has 0 bridgehead atoms. The third-order valence-corrected chi connectivity index (χ3v) is 6.80. The van der Waals surface area contributed by atoms with Crippen LogP contribution in [0.1, 0.15) is 42.9 Å². The second kappa shape index (κ2) is 9.23. The predicted octanol–water partition coefficient (Wildman–Crippen LogP) is 4.25. The fraction of sp³-hybridized carbons (Fsp3) is 0.462. The number of amides is 3. The molecule has 164 valence electrons. The number of rotatable bonds is 7. The van der Waals surface area contributed by atoms with Gasteiger partial charge in [-0.25, -0.2) is 4.79 Å². The monoisotopic (exact) mass is 419 g/mol. The Hall–Kier alpha value is -2.66. The molecule has 0 aliphatic carbocycles. The first kappa shape index (κ1) is 21.6. The molecule has 2 aromatic rings. The molecule has 0 N–H and O–H groups in total. The minimum Gasteiger partial charge on any atom is -0.310 e. The zero-order valence-electron chi connectivity index (χ0n) is 18.7. The number of likely N-dealkylation sites (tertiary alicyclic amines) is 1. The van der Waals surface area contributed by atoms with Crippen molar-refractivity contribution >= 4 is 11.9 Å². The Morgan fingerprint density at radius 1 is 0.935 bits per heavy atom. The van der Waals surface area contributed by atoms with Crippen molar-refractivity contribution in [3.05, 3.63) is 71.3 Å². The van der Waals surface area contributed by atoms with Crippen LogP contribution in [0, 0.1) is 6.92 Å². The van der Waals surface area contributed by atoms with Crippen molar-refractivity contribution in [3.63, 3.8) is 0 Å². The number of likely N-dealkylation sites (N-methyl/N-ethyl adjacent to an activating group) is 1. The number of aryl methyl sites for hydroxylation is 2. The molecule has 2 fully saturated rings. The van der Waals surface area contributed by atoms with Gasteiger partial charge in [0, 0.05) is 32.7 Å². The van der Waals surface area contributed by atoms with Gasteiger partial charge in [0.25, 0.3) is 5.91 Å². The lowest BCUT2D eigenvalue weighted by atomic mass is 9.85. The van der Waals surface area contributed by atoms with Gasteiger partial charge in [-0.1, -0.05) is 60.2 Å². The molecule has 1 spiro atoms. The summed E-state index contributed by atoms with van der Waals surface area (Å²) in [6, 6.07) is 18.7. The molecular formula is C26H33N3O2. The first-order valence-electron chi connectivity index (χ1n) is 11.5. The molecule has 4 rings (SSSR count). The topological polar surface area (TPSA) is 43.9 Å². The summed E-state index contributed by atoms with van der Waals surface area (Å²) in [5.41, 5.74) is 3.17. The van der Waals surface area contributed by atoms with Crippen LogP contribution in [0.2, 0.25) is 0 Å². The summed E-state index contributed by atoms with van der Waals surface area (Å²) in [5.74, 6) is 0.0163. The van der Waals surface area contributed by atoms with Crippen molar-refractivity contribution in [2.45, 2.75) is 51.6 Å². The molecule has 2 aliphatic heterocycles. The maximum Gasteiger partial charge on any atom is 0.327 e. The van der Waals surface area contributed by atoms with Crippen molar-refractivity contribution in [1.29, 1.82) is 0 Å². The molecule has 2 saturated heterocycles. The molecule has 2 heterocycles. The van der Waals surface area contributed by atoms with E-state index in [1.807, 2.05) is 30.0 Å². The summed E-state index contributed by atoms with van der Waals surface area (Å²) in [6.07, 6.45) is 3.11. The summed E-state index contributed by atoms with van der Waals surface area (Å²) in [5, 5.41) is 0. The lowest BCUT2D eigenvalue weighted by Crippen LogP contribution is -2.56. The Balaban J connectivity index is 1.39. The summed E-state index contributed by atoms with van der Waals surface area (Å²) in [4.78, 5) is 32.3. The molecule has 5 heteroatoms. The van der Waals surface area contributed by atoms with Gasteiger partial charge in [-0.2, -0.15) is 0 Å². The molecule has 0 radical (unpaired) electrons. The third-order valence-electron chi connectivity index (χ3n) is 6.80. The third kappa shape index (κ3) is 4.38. The van der Waals surface area contributed by atoms with Crippen molar-refractivity contribution in [1.82, 2.24) is 14.7 Å². The number of hydrogen-bond acceptors (Lipinski definition) is 3. The zero-order chi connectivity index (χ0) is 21.8. The Kier molecular flexibility index (Phi) is 6.42. The number of imide groups is 1. The molecule has 2 aromatic carbocycles. The average Bonchev–Trinajstić information content (AvgIpc) is 2.97. The highest BCUT2D eigenvalue weighted by Gasteiger charge is 2.57. The fourth-order valence-electron chi connectivity index (χ4n) is 5.14.